The van der Waals surface area contributed by atoms with Gasteiger partial charge in [-0.1, -0.05) is 41.4 Å². The second-order valence-electron chi connectivity index (χ2n) is 6.62. The van der Waals surface area contributed by atoms with E-state index < -0.39 is 0 Å². The van der Waals surface area contributed by atoms with E-state index in [0.29, 0.717) is 6.54 Å². The average molecular weight is 327 g/mol. The summed E-state index contributed by atoms with van der Waals surface area (Å²) in [6.45, 7) is 6.16. The third kappa shape index (κ3) is 4.23. The number of carbonyl (C=O) groups is 1. The molecule has 1 aromatic carbocycles. The third-order valence-corrected chi connectivity index (χ3v) is 4.50. The van der Waals surface area contributed by atoms with Gasteiger partial charge in [0.15, 0.2) is 0 Å². The maximum absolute atomic E-state index is 12.6. The van der Waals surface area contributed by atoms with Gasteiger partial charge in [0.25, 0.3) is 0 Å². The molecule has 0 spiro atoms. The molecule has 1 fully saturated rings. The lowest BCUT2D eigenvalue weighted by Gasteiger charge is -2.34. The van der Waals surface area contributed by atoms with Gasteiger partial charge in [-0.2, -0.15) is 0 Å². The molecule has 128 valence electrons. The third-order valence-electron chi connectivity index (χ3n) is 4.50. The van der Waals surface area contributed by atoms with E-state index in [1.165, 1.54) is 11.1 Å². The Bertz CT molecular complexity index is 695. The molecule has 0 saturated carbocycles. The van der Waals surface area contributed by atoms with Crippen LogP contribution in [0.5, 0.6) is 0 Å². The molecule has 0 bridgehead atoms. The summed E-state index contributed by atoms with van der Waals surface area (Å²) in [5, 5.41) is 6.93. The van der Waals surface area contributed by atoms with Gasteiger partial charge in [-0.25, -0.2) is 0 Å². The first-order chi connectivity index (χ1) is 11.6. The van der Waals surface area contributed by atoms with E-state index in [1.807, 2.05) is 13.0 Å². The van der Waals surface area contributed by atoms with Crippen LogP contribution in [-0.2, 0) is 17.9 Å². The molecule has 24 heavy (non-hydrogen) atoms. The van der Waals surface area contributed by atoms with Crippen molar-refractivity contribution in [1.82, 2.24) is 15.4 Å². The van der Waals surface area contributed by atoms with Gasteiger partial charge in [-0.15, -0.1) is 0 Å². The van der Waals surface area contributed by atoms with Gasteiger partial charge in [0, 0.05) is 12.6 Å². The second-order valence-corrected chi connectivity index (χ2v) is 6.62. The Morgan fingerprint density at radius 3 is 2.96 bits per heavy atom. The van der Waals surface area contributed by atoms with Crippen molar-refractivity contribution in [3.05, 3.63) is 52.9 Å². The molecule has 5 nitrogen and oxygen atoms in total. The fraction of sp³-hybridized carbons (Fsp3) is 0.474. The normalized spacial score (nSPS) is 18.5. The summed E-state index contributed by atoms with van der Waals surface area (Å²) in [4.78, 5) is 14.9. The smallest absolute Gasteiger partial charge is 0.237 e. The van der Waals surface area contributed by atoms with Crippen LogP contribution in [-0.4, -0.2) is 28.6 Å². The predicted octanol–water partition coefficient (Wildman–Crippen LogP) is 2.96. The van der Waals surface area contributed by atoms with Crippen molar-refractivity contribution in [3.63, 3.8) is 0 Å². The van der Waals surface area contributed by atoms with Crippen molar-refractivity contribution < 1.29 is 9.32 Å². The van der Waals surface area contributed by atoms with E-state index in [1.54, 1.807) is 0 Å². The summed E-state index contributed by atoms with van der Waals surface area (Å²) < 4.78 is 5.04. The van der Waals surface area contributed by atoms with Gasteiger partial charge in [-0.05, 0) is 38.8 Å². The second kappa shape index (κ2) is 7.62. The molecule has 5 heteroatoms. The summed E-state index contributed by atoms with van der Waals surface area (Å²) in [6, 6.07) is 10.3. The van der Waals surface area contributed by atoms with Crippen molar-refractivity contribution in [1.29, 1.82) is 0 Å². The highest BCUT2D eigenvalue weighted by Gasteiger charge is 2.28. The Balaban J connectivity index is 1.61. The van der Waals surface area contributed by atoms with Gasteiger partial charge >= 0.3 is 0 Å². The number of aryl methyl sites for hydroxylation is 2. The van der Waals surface area contributed by atoms with Crippen LogP contribution < -0.4 is 5.32 Å². The van der Waals surface area contributed by atoms with Gasteiger partial charge in [0.05, 0.1) is 12.6 Å². The number of nitrogens with one attached hydrogen (secondary N) is 1. The van der Waals surface area contributed by atoms with Crippen molar-refractivity contribution in [3.8, 4) is 0 Å². The fourth-order valence-corrected chi connectivity index (χ4v) is 3.32. The maximum atomic E-state index is 12.6. The molecule has 1 aromatic heterocycles. The zero-order chi connectivity index (χ0) is 16.9. The number of rotatable bonds is 5. The van der Waals surface area contributed by atoms with Crippen LogP contribution in [0, 0.1) is 13.8 Å². The van der Waals surface area contributed by atoms with Crippen LogP contribution >= 0.6 is 0 Å². The molecular formula is C19H25N3O2. The van der Waals surface area contributed by atoms with Crippen LogP contribution in [0.2, 0.25) is 0 Å². The number of nitrogens with zero attached hydrogens (tertiary/aromatic N) is 2. The molecule has 0 unspecified atom stereocenters. The highest BCUT2D eigenvalue weighted by atomic mass is 16.5. The quantitative estimate of drug-likeness (QED) is 0.917. The van der Waals surface area contributed by atoms with Crippen LogP contribution in [0.4, 0.5) is 0 Å². The molecule has 1 N–H and O–H groups in total. The predicted molar refractivity (Wildman–Crippen MR) is 92.3 cm³/mol. The zero-order valence-electron chi connectivity index (χ0n) is 14.4. The number of amides is 1. The minimum atomic E-state index is -0.0627. The number of hydrogen-bond acceptors (Lipinski definition) is 4. The van der Waals surface area contributed by atoms with Crippen LogP contribution in [0.15, 0.2) is 34.9 Å². The Hall–Kier alpha value is -2.14. The zero-order valence-corrected chi connectivity index (χ0v) is 14.4. The molecule has 2 aromatic rings. The largest absolute Gasteiger partial charge is 0.361 e. The number of piperidine rings is 1. The summed E-state index contributed by atoms with van der Waals surface area (Å²) in [5.74, 6) is 0.848. The van der Waals surface area contributed by atoms with Gasteiger partial charge in [0.2, 0.25) is 5.91 Å². The van der Waals surface area contributed by atoms with Crippen LogP contribution in [0.25, 0.3) is 0 Å². The lowest BCUT2D eigenvalue weighted by molar-refractivity contribution is -0.128. The molecule has 0 aliphatic carbocycles. The van der Waals surface area contributed by atoms with Gasteiger partial charge < -0.3 is 9.84 Å². The first-order valence-electron chi connectivity index (χ1n) is 8.61. The van der Waals surface area contributed by atoms with Gasteiger partial charge in [-0.3, -0.25) is 9.69 Å². The molecule has 1 atom stereocenters. The van der Waals surface area contributed by atoms with Gasteiger partial charge in [0.1, 0.15) is 11.5 Å². The number of carbonyl (C=O) groups excluding carboxylic acids is 1. The molecule has 2 heterocycles. The fourth-order valence-electron chi connectivity index (χ4n) is 3.32. The molecule has 1 saturated heterocycles. The molecule has 1 aliphatic rings. The lowest BCUT2D eigenvalue weighted by atomic mass is 10.00. The topological polar surface area (TPSA) is 58.4 Å². The molecule has 1 aliphatic heterocycles. The van der Waals surface area contributed by atoms with Crippen molar-refractivity contribution in [2.75, 3.05) is 6.54 Å². The van der Waals surface area contributed by atoms with Crippen molar-refractivity contribution in [2.24, 2.45) is 0 Å². The number of hydrogen-bond donors (Lipinski definition) is 1. The summed E-state index contributed by atoms with van der Waals surface area (Å²) >= 11 is 0. The van der Waals surface area contributed by atoms with E-state index in [2.05, 4.69) is 46.6 Å². The van der Waals surface area contributed by atoms with E-state index in [4.69, 9.17) is 4.52 Å². The molecule has 0 radical (unpaired) electrons. The number of benzene rings is 1. The summed E-state index contributed by atoms with van der Waals surface area (Å²) in [7, 11) is 0. The maximum Gasteiger partial charge on any atom is 0.237 e. The monoisotopic (exact) mass is 327 g/mol. The molecular weight excluding hydrogens is 302 g/mol. The lowest BCUT2D eigenvalue weighted by Crippen LogP contribution is -2.48. The summed E-state index contributed by atoms with van der Waals surface area (Å²) in [5.41, 5.74) is 3.29. The standard InChI is InChI=1S/C19H25N3O2/c1-14-6-5-7-16(10-14)13-22-9-4-3-8-18(22)19(23)20-12-17-11-15(2)24-21-17/h5-7,10-11,18H,3-4,8-9,12-13H2,1-2H3,(H,20,23)/t18-/m1/s1. The SMILES string of the molecule is Cc1cccc(CN2CCCC[C@@H]2C(=O)NCc2cc(C)on2)c1. The average Bonchev–Trinajstić information content (AvgIpc) is 2.99. The first-order valence-corrected chi connectivity index (χ1v) is 8.61. The Kier molecular flexibility index (Phi) is 5.30. The number of aromatic nitrogens is 1. The van der Waals surface area contributed by atoms with Crippen molar-refractivity contribution >= 4 is 5.91 Å². The van der Waals surface area contributed by atoms with E-state index in [9.17, 15) is 4.79 Å². The number of likely N-dealkylation sites (tertiary alicyclic amines) is 1. The van der Waals surface area contributed by atoms with E-state index in [0.717, 1.165) is 43.8 Å². The van der Waals surface area contributed by atoms with E-state index >= 15 is 0 Å². The minimum absolute atomic E-state index is 0.0627. The highest BCUT2D eigenvalue weighted by Crippen LogP contribution is 2.20. The van der Waals surface area contributed by atoms with Crippen LogP contribution in [0.1, 0.15) is 41.8 Å². The Labute approximate surface area is 143 Å². The first kappa shape index (κ1) is 16.7. The Morgan fingerprint density at radius 1 is 1.33 bits per heavy atom. The van der Waals surface area contributed by atoms with E-state index in [-0.39, 0.29) is 11.9 Å². The molecule has 1 amide bonds. The minimum Gasteiger partial charge on any atom is -0.361 e. The summed E-state index contributed by atoms with van der Waals surface area (Å²) in [6.07, 6.45) is 3.17. The molecule has 3 rings (SSSR count). The van der Waals surface area contributed by atoms with Crippen LogP contribution in [0.3, 0.4) is 0 Å². The van der Waals surface area contributed by atoms with Crippen molar-refractivity contribution in [2.45, 2.75) is 52.2 Å². The highest BCUT2D eigenvalue weighted by molar-refractivity contribution is 5.81. The Morgan fingerprint density at radius 2 is 2.21 bits per heavy atom.